The van der Waals surface area contributed by atoms with E-state index in [1.54, 1.807) is 0 Å². The van der Waals surface area contributed by atoms with Gasteiger partial charge in [-0.2, -0.15) is 0 Å². The second kappa shape index (κ2) is 5.72. The maximum atomic E-state index is 7.33. The summed E-state index contributed by atoms with van der Waals surface area (Å²) in [5.74, 6) is 0. The molecular formula is H9BaNO4Si. The van der Waals surface area contributed by atoms with Crippen LogP contribution in [0.15, 0.2) is 0 Å². The van der Waals surface area contributed by atoms with Gasteiger partial charge in [0.2, 0.25) is 0 Å². The van der Waals surface area contributed by atoms with E-state index in [4.69, 9.17) is 19.2 Å². The Kier molecular flexibility index (Phi) is 12.9. The van der Waals surface area contributed by atoms with Gasteiger partial charge in [0, 0.05) is 0 Å². The third-order valence-corrected chi connectivity index (χ3v) is 0. The van der Waals surface area contributed by atoms with E-state index in [9.17, 15) is 0 Å². The summed E-state index contributed by atoms with van der Waals surface area (Å²) in [4.78, 5) is 29.3. The zero-order valence-electron chi connectivity index (χ0n) is 3.00. The Morgan fingerprint density at radius 3 is 0.857 bits per heavy atom. The zero-order chi connectivity index (χ0) is 4.50. The fourth-order valence-electron chi connectivity index (χ4n) is 0. The molecule has 0 aromatic heterocycles. The predicted molar refractivity (Wildman–Crippen MR) is 28.2 cm³/mol. The summed E-state index contributed by atoms with van der Waals surface area (Å²) in [7, 11) is -4.61. The van der Waals surface area contributed by atoms with Crippen LogP contribution >= 0.6 is 0 Å². The van der Waals surface area contributed by atoms with Gasteiger partial charge in [0.25, 0.3) is 0 Å². The van der Waals surface area contributed by atoms with E-state index in [1.807, 2.05) is 0 Å². The third kappa shape index (κ3) is 93.9. The molecule has 7 heteroatoms. The minimum atomic E-state index is -4.61. The van der Waals surface area contributed by atoms with Crippen LogP contribution in [0.5, 0.6) is 0 Å². The van der Waals surface area contributed by atoms with Crippen molar-refractivity contribution in [2.24, 2.45) is 0 Å². The maximum absolute atomic E-state index is 7.33. The summed E-state index contributed by atoms with van der Waals surface area (Å²) in [6.45, 7) is 0. The molecule has 0 bridgehead atoms. The average molecular weight is 252 g/mol. The molecule has 0 spiro atoms. The summed E-state index contributed by atoms with van der Waals surface area (Å²) in [5, 5.41) is 0. The Hall–Kier alpha value is 1.59. The molecule has 0 saturated carbocycles. The Balaban J connectivity index is -0.0000000800. The second-order valence-electron chi connectivity index (χ2n) is 0.600. The van der Waals surface area contributed by atoms with E-state index in [2.05, 4.69) is 0 Å². The van der Waals surface area contributed by atoms with Crippen molar-refractivity contribution in [2.75, 3.05) is 0 Å². The molecule has 7 N–H and O–H groups in total. The van der Waals surface area contributed by atoms with Gasteiger partial charge in [0.05, 0.1) is 0 Å². The first-order valence-electron chi connectivity index (χ1n) is 0.894. The van der Waals surface area contributed by atoms with Crippen LogP contribution < -0.4 is 6.15 Å². The van der Waals surface area contributed by atoms with Crippen molar-refractivity contribution in [3.63, 3.8) is 0 Å². The molecule has 0 saturated heterocycles. The van der Waals surface area contributed by atoms with Gasteiger partial charge in [0.1, 0.15) is 0 Å². The molecule has 0 heterocycles. The van der Waals surface area contributed by atoms with Crippen LogP contribution in [0.3, 0.4) is 0 Å². The van der Waals surface area contributed by atoms with Crippen molar-refractivity contribution < 1.29 is 19.2 Å². The molecule has 44 valence electrons. The molecule has 0 aliphatic carbocycles. The summed E-state index contributed by atoms with van der Waals surface area (Å²) in [5.41, 5.74) is 0. The molecule has 5 nitrogen and oxygen atoms in total. The van der Waals surface area contributed by atoms with Crippen LogP contribution in [-0.2, 0) is 0 Å². The van der Waals surface area contributed by atoms with E-state index in [-0.39, 0.29) is 55.0 Å². The molecule has 0 rings (SSSR count). The fourth-order valence-corrected chi connectivity index (χ4v) is 0. The van der Waals surface area contributed by atoms with E-state index in [1.165, 1.54) is 0 Å². The Morgan fingerprint density at radius 2 is 0.857 bits per heavy atom. The van der Waals surface area contributed by atoms with E-state index < -0.39 is 9.05 Å². The fraction of sp³-hybridized carbons (Fsp3) is 0. The van der Waals surface area contributed by atoms with Gasteiger partial charge in [-0.25, -0.2) is 0 Å². The van der Waals surface area contributed by atoms with Crippen molar-refractivity contribution in [3.05, 3.63) is 0 Å². The van der Waals surface area contributed by atoms with Crippen LogP contribution in [0.4, 0.5) is 0 Å². The van der Waals surface area contributed by atoms with Gasteiger partial charge in [-0.05, 0) is 0 Å². The Bertz CT molecular complexity index is 27.2. The van der Waals surface area contributed by atoms with E-state index >= 15 is 0 Å². The first-order chi connectivity index (χ1) is 2.00. The molecule has 0 atom stereocenters. The first-order valence-corrected chi connectivity index (χ1v) is 2.68. The van der Waals surface area contributed by atoms with Crippen LogP contribution in [0.25, 0.3) is 0 Å². The summed E-state index contributed by atoms with van der Waals surface area (Å²) < 4.78 is 0. The summed E-state index contributed by atoms with van der Waals surface area (Å²) in [6, 6.07) is 0. The van der Waals surface area contributed by atoms with Gasteiger partial charge in [-0.1, -0.05) is 0 Å². The molecule has 0 unspecified atom stereocenters. The predicted octanol–water partition coefficient (Wildman–Crippen LogP) is -3.36. The second-order valence-corrected chi connectivity index (χ2v) is 1.80. The molecular weight excluding hydrogens is 243 g/mol. The van der Waals surface area contributed by atoms with E-state index in [0.29, 0.717) is 0 Å². The van der Waals surface area contributed by atoms with Crippen LogP contribution in [0.2, 0.25) is 0 Å². The standard InChI is InChI=1S/Ba.H3N.H4O4Si.2H/c;;1-5(2,3)4;;/h;1H3;1-4H;;. The zero-order valence-corrected chi connectivity index (χ0v) is 4.00. The molecule has 7 heavy (non-hydrogen) atoms. The van der Waals surface area contributed by atoms with Gasteiger partial charge in [-0.3, -0.25) is 0 Å². The topological polar surface area (TPSA) is 116 Å². The number of rotatable bonds is 0. The summed E-state index contributed by atoms with van der Waals surface area (Å²) in [6.07, 6.45) is 0. The normalized spacial score (nSPS) is 8.57. The molecule has 0 aromatic rings. The number of hydrogen-bond acceptors (Lipinski definition) is 5. The first kappa shape index (κ1) is 15.8. The van der Waals surface area contributed by atoms with Crippen molar-refractivity contribution in [2.45, 2.75) is 0 Å². The van der Waals surface area contributed by atoms with Crippen LogP contribution in [0.1, 0.15) is 0 Å². The minimum absolute atomic E-state index is 0. The van der Waals surface area contributed by atoms with Crippen molar-refractivity contribution in [1.82, 2.24) is 6.15 Å². The van der Waals surface area contributed by atoms with Gasteiger partial charge in [-0.15, -0.1) is 0 Å². The van der Waals surface area contributed by atoms with Gasteiger partial charge >= 0.3 is 57.9 Å². The van der Waals surface area contributed by atoms with Crippen LogP contribution in [-0.4, -0.2) is 77.1 Å². The molecule has 0 fully saturated rings. The molecule has 0 radical (unpaired) electrons. The Morgan fingerprint density at radius 1 is 0.857 bits per heavy atom. The SMILES string of the molecule is N.O[Si](O)(O)O.[BaH2]. The molecule has 0 aliphatic rings. The number of hydrogen-bond donors (Lipinski definition) is 5. The molecule has 0 aromatic carbocycles. The summed E-state index contributed by atoms with van der Waals surface area (Å²) >= 11 is 0. The average Bonchev–Trinajstić information content (AvgIpc) is 0.722. The van der Waals surface area contributed by atoms with Gasteiger partial charge < -0.3 is 25.3 Å². The van der Waals surface area contributed by atoms with Crippen LogP contribution in [0, 0.1) is 0 Å². The quantitative estimate of drug-likeness (QED) is 0.289. The monoisotopic (exact) mass is 253 g/mol. The van der Waals surface area contributed by atoms with E-state index in [0.717, 1.165) is 0 Å². The van der Waals surface area contributed by atoms with Crippen molar-refractivity contribution >= 4 is 57.9 Å². The van der Waals surface area contributed by atoms with Gasteiger partial charge in [0.15, 0.2) is 0 Å². The van der Waals surface area contributed by atoms with Crippen molar-refractivity contribution in [1.29, 1.82) is 0 Å². The third-order valence-electron chi connectivity index (χ3n) is 0. The molecule has 0 aliphatic heterocycles. The van der Waals surface area contributed by atoms with Crippen molar-refractivity contribution in [3.8, 4) is 0 Å². The Labute approximate surface area is 82.1 Å². The molecule has 0 amide bonds.